The third-order valence-electron chi connectivity index (χ3n) is 4.42. The van der Waals surface area contributed by atoms with Crippen molar-refractivity contribution in [1.82, 2.24) is 5.32 Å². The number of hydrogen-bond acceptors (Lipinski definition) is 4. The molecule has 27 heavy (non-hydrogen) atoms. The lowest BCUT2D eigenvalue weighted by Crippen LogP contribution is -2.39. The van der Waals surface area contributed by atoms with E-state index < -0.39 is 6.10 Å². The van der Waals surface area contributed by atoms with Crippen LogP contribution in [-0.2, 0) is 11.2 Å². The molecule has 0 radical (unpaired) electrons. The Morgan fingerprint density at radius 3 is 2.33 bits per heavy atom. The Hall–Kier alpha value is -2.69. The van der Waals surface area contributed by atoms with E-state index in [4.69, 9.17) is 14.2 Å². The lowest BCUT2D eigenvalue weighted by atomic mass is 10.1. The van der Waals surface area contributed by atoms with Gasteiger partial charge < -0.3 is 19.5 Å². The first-order valence-electron chi connectivity index (χ1n) is 9.21. The van der Waals surface area contributed by atoms with E-state index in [-0.39, 0.29) is 5.91 Å². The highest BCUT2D eigenvalue weighted by Gasteiger charge is 2.18. The number of ether oxygens (including phenoxy) is 3. The second-order valence-electron chi connectivity index (χ2n) is 6.51. The fourth-order valence-corrected chi connectivity index (χ4v) is 2.89. The highest BCUT2D eigenvalue weighted by molar-refractivity contribution is 5.81. The third kappa shape index (κ3) is 5.64. The molecule has 2 aromatic rings. The summed E-state index contributed by atoms with van der Waals surface area (Å²) < 4.78 is 16.5. The summed E-state index contributed by atoms with van der Waals surface area (Å²) in [5, 5.41) is 2.96. The van der Waals surface area contributed by atoms with Crippen LogP contribution in [0.1, 0.15) is 30.0 Å². The van der Waals surface area contributed by atoms with Crippen molar-refractivity contribution in [3.8, 4) is 17.2 Å². The molecule has 5 nitrogen and oxygen atoms in total. The van der Waals surface area contributed by atoms with E-state index in [1.807, 2.05) is 51.1 Å². The molecule has 0 aliphatic heterocycles. The Bertz CT molecular complexity index is 773. The van der Waals surface area contributed by atoms with E-state index in [0.717, 1.165) is 16.9 Å². The average Bonchev–Trinajstić information content (AvgIpc) is 2.67. The summed E-state index contributed by atoms with van der Waals surface area (Å²) in [6.07, 6.45) is 0.804. The van der Waals surface area contributed by atoms with Crippen LogP contribution in [0.3, 0.4) is 0 Å². The average molecular weight is 371 g/mol. The second kappa shape index (κ2) is 9.86. The smallest absolute Gasteiger partial charge is 0.261 e. The van der Waals surface area contributed by atoms with Gasteiger partial charge in [0, 0.05) is 6.54 Å². The summed E-state index contributed by atoms with van der Waals surface area (Å²) in [6, 6.07) is 11.7. The van der Waals surface area contributed by atoms with E-state index in [1.54, 1.807) is 14.2 Å². The van der Waals surface area contributed by atoms with E-state index in [2.05, 4.69) is 11.4 Å². The van der Waals surface area contributed by atoms with Crippen molar-refractivity contribution in [2.24, 2.45) is 0 Å². The van der Waals surface area contributed by atoms with Gasteiger partial charge in [0.15, 0.2) is 17.6 Å². The first-order chi connectivity index (χ1) is 13.0. The predicted molar refractivity (Wildman–Crippen MR) is 107 cm³/mol. The molecule has 0 aliphatic carbocycles. The molecule has 146 valence electrons. The van der Waals surface area contributed by atoms with E-state index in [9.17, 15) is 4.79 Å². The molecular weight excluding hydrogens is 342 g/mol. The van der Waals surface area contributed by atoms with Gasteiger partial charge in [0.05, 0.1) is 14.2 Å². The lowest BCUT2D eigenvalue weighted by Gasteiger charge is -2.19. The molecule has 0 heterocycles. The Morgan fingerprint density at radius 1 is 1.00 bits per heavy atom. The molecule has 1 N–H and O–H groups in total. The van der Waals surface area contributed by atoms with Crippen molar-refractivity contribution in [1.29, 1.82) is 0 Å². The molecule has 2 aromatic carbocycles. The Balaban J connectivity index is 1.91. The standard InChI is InChI=1S/C22H29NO4/c1-6-18(27-19-9-7-15(2)13-16(19)3)22(24)23-12-11-17-8-10-20(25-4)21(14-17)26-5/h7-10,13-14,18H,6,11-12H2,1-5H3,(H,23,24)/t18-/m1/s1. The third-order valence-corrected chi connectivity index (χ3v) is 4.42. The van der Waals surface area contributed by atoms with Crippen molar-refractivity contribution in [3.05, 3.63) is 53.1 Å². The fraction of sp³-hybridized carbons (Fsp3) is 0.409. The summed E-state index contributed by atoms with van der Waals surface area (Å²) in [7, 11) is 3.22. The molecule has 0 aromatic heterocycles. The fourth-order valence-electron chi connectivity index (χ4n) is 2.89. The topological polar surface area (TPSA) is 56.8 Å². The summed E-state index contributed by atoms with van der Waals surface area (Å²) >= 11 is 0. The number of aryl methyl sites for hydroxylation is 2. The SMILES string of the molecule is CC[C@@H](Oc1ccc(C)cc1C)C(=O)NCCc1ccc(OC)c(OC)c1. The maximum absolute atomic E-state index is 12.5. The molecule has 0 saturated carbocycles. The zero-order valence-corrected chi connectivity index (χ0v) is 16.8. The molecule has 1 amide bonds. The van der Waals surface area contributed by atoms with Gasteiger partial charge in [-0.15, -0.1) is 0 Å². The highest BCUT2D eigenvalue weighted by atomic mass is 16.5. The Morgan fingerprint density at radius 2 is 1.70 bits per heavy atom. The molecule has 5 heteroatoms. The minimum Gasteiger partial charge on any atom is -0.493 e. The number of rotatable bonds is 9. The van der Waals surface area contributed by atoms with Gasteiger partial charge in [-0.25, -0.2) is 0 Å². The zero-order valence-electron chi connectivity index (χ0n) is 16.8. The van der Waals surface area contributed by atoms with Crippen LogP contribution >= 0.6 is 0 Å². The molecule has 0 saturated heterocycles. The lowest BCUT2D eigenvalue weighted by molar-refractivity contribution is -0.128. The number of carbonyl (C=O) groups excluding carboxylic acids is 1. The summed E-state index contributed by atoms with van der Waals surface area (Å²) in [4.78, 5) is 12.5. The maximum Gasteiger partial charge on any atom is 0.261 e. The Labute approximate surface area is 161 Å². The Kier molecular flexibility index (Phi) is 7.53. The molecule has 0 bridgehead atoms. The van der Waals surface area contributed by atoms with Crippen molar-refractivity contribution in [2.45, 2.75) is 39.7 Å². The number of amides is 1. The van der Waals surface area contributed by atoms with Gasteiger partial charge in [0.25, 0.3) is 5.91 Å². The summed E-state index contributed by atoms with van der Waals surface area (Å²) in [5.74, 6) is 2.03. The highest BCUT2D eigenvalue weighted by Crippen LogP contribution is 2.27. The van der Waals surface area contributed by atoms with Gasteiger partial charge in [-0.2, -0.15) is 0 Å². The van der Waals surface area contributed by atoms with Gasteiger partial charge in [-0.3, -0.25) is 4.79 Å². The van der Waals surface area contributed by atoms with Gasteiger partial charge in [-0.05, 0) is 56.0 Å². The molecule has 0 unspecified atom stereocenters. The van der Waals surface area contributed by atoms with Gasteiger partial charge in [0.1, 0.15) is 5.75 Å². The number of benzene rings is 2. The minimum absolute atomic E-state index is 0.0991. The van der Waals surface area contributed by atoms with Crippen molar-refractivity contribution in [2.75, 3.05) is 20.8 Å². The molecule has 0 spiro atoms. The van der Waals surface area contributed by atoms with Crippen LogP contribution in [0.5, 0.6) is 17.2 Å². The normalized spacial score (nSPS) is 11.6. The van der Waals surface area contributed by atoms with E-state index >= 15 is 0 Å². The van der Waals surface area contributed by atoms with Gasteiger partial charge in [-0.1, -0.05) is 30.7 Å². The van der Waals surface area contributed by atoms with Crippen LogP contribution < -0.4 is 19.5 Å². The molecule has 0 aliphatic rings. The second-order valence-corrected chi connectivity index (χ2v) is 6.51. The predicted octanol–water partition coefficient (Wildman–Crippen LogP) is 3.84. The monoisotopic (exact) mass is 371 g/mol. The molecule has 0 fully saturated rings. The number of nitrogens with one attached hydrogen (secondary N) is 1. The largest absolute Gasteiger partial charge is 0.493 e. The molecule has 1 atom stereocenters. The maximum atomic E-state index is 12.5. The first-order valence-corrected chi connectivity index (χ1v) is 9.21. The van der Waals surface area contributed by atoms with Crippen molar-refractivity contribution >= 4 is 5.91 Å². The number of hydrogen-bond donors (Lipinski definition) is 1. The minimum atomic E-state index is -0.503. The number of carbonyl (C=O) groups is 1. The van der Waals surface area contributed by atoms with Gasteiger partial charge >= 0.3 is 0 Å². The van der Waals surface area contributed by atoms with Crippen molar-refractivity contribution in [3.63, 3.8) is 0 Å². The number of methoxy groups -OCH3 is 2. The summed E-state index contributed by atoms with van der Waals surface area (Å²) in [5.41, 5.74) is 3.27. The van der Waals surface area contributed by atoms with Crippen LogP contribution in [-0.4, -0.2) is 32.8 Å². The molecule has 2 rings (SSSR count). The first kappa shape index (κ1) is 20.6. The van der Waals surface area contributed by atoms with E-state index in [1.165, 1.54) is 5.56 Å². The van der Waals surface area contributed by atoms with Gasteiger partial charge in [0.2, 0.25) is 0 Å². The van der Waals surface area contributed by atoms with Crippen molar-refractivity contribution < 1.29 is 19.0 Å². The van der Waals surface area contributed by atoms with E-state index in [0.29, 0.717) is 30.9 Å². The van der Waals surface area contributed by atoms with Crippen LogP contribution in [0.25, 0.3) is 0 Å². The van der Waals surface area contributed by atoms with Crippen LogP contribution in [0, 0.1) is 13.8 Å². The summed E-state index contributed by atoms with van der Waals surface area (Å²) in [6.45, 7) is 6.50. The van der Waals surface area contributed by atoms with Crippen LogP contribution in [0.2, 0.25) is 0 Å². The molecular formula is C22H29NO4. The quantitative estimate of drug-likeness (QED) is 0.728. The van der Waals surface area contributed by atoms with Crippen LogP contribution in [0.4, 0.5) is 0 Å². The van der Waals surface area contributed by atoms with Crippen LogP contribution in [0.15, 0.2) is 36.4 Å². The zero-order chi connectivity index (χ0) is 19.8.